The van der Waals surface area contributed by atoms with E-state index in [1.807, 2.05) is 47.1 Å². The van der Waals surface area contributed by atoms with E-state index >= 15 is 0 Å². The fourth-order valence-corrected chi connectivity index (χ4v) is 7.81. The first kappa shape index (κ1) is 32.4. The molecule has 2 aromatic rings. The molecule has 4 aliphatic heterocycles. The average Bonchev–Trinajstić information content (AvgIpc) is 3.09. The SMILES string of the molecule is CCc1cc(C[C@@H](OC(=O)N2CCC(N3Cc4ccccc4NC3=O)CC2)C(=O)N2CCC(N3CCCCC3)CC2)cc(Cl)c1N. The molecule has 1 atom stereocenters. The molecular weight excluding hydrogens is 604 g/mol. The van der Waals surface area contributed by atoms with Crippen LogP contribution in [0.1, 0.15) is 68.6 Å². The zero-order chi connectivity index (χ0) is 32.2. The molecule has 11 heteroatoms. The molecule has 3 saturated heterocycles. The summed E-state index contributed by atoms with van der Waals surface area (Å²) in [5.41, 5.74) is 10.4. The van der Waals surface area contributed by atoms with Crippen molar-refractivity contribution in [2.45, 2.75) is 89.4 Å². The quantitative estimate of drug-likeness (QED) is 0.382. The average molecular weight is 651 g/mol. The van der Waals surface area contributed by atoms with Crippen molar-refractivity contribution in [1.82, 2.24) is 19.6 Å². The van der Waals surface area contributed by atoms with E-state index in [2.05, 4.69) is 10.2 Å². The van der Waals surface area contributed by atoms with Crippen LogP contribution in [0.15, 0.2) is 36.4 Å². The first-order valence-electron chi connectivity index (χ1n) is 17.0. The first-order chi connectivity index (χ1) is 22.3. The highest BCUT2D eigenvalue weighted by Gasteiger charge is 2.36. The predicted octanol–water partition coefficient (Wildman–Crippen LogP) is 5.52. The number of nitrogen functional groups attached to an aromatic ring is 1. The summed E-state index contributed by atoms with van der Waals surface area (Å²) < 4.78 is 6.06. The molecule has 0 bridgehead atoms. The van der Waals surface area contributed by atoms with Crippen LogP contribution < -0.4 is 11.1 Å². The minimum absolute atomic E-state index is 0.0143. The zero-order valence-electron chi connectivity index (χ0n) is 26.9. The topological polar surface area (TPSA) is 111 Å². The summed E-state index contributed by atoms with van der Waals surface area (Å²) in [6.45, 7) is 7.05. The van der Waals surface area contributed by atoms with E-state index in [0.29, 0.717) is 68.7 Å². The van der Waals surface area contributed by atoms with Crippen molar-refractivity contribution in [2.75, 3.05) is 50.3 Å². The van der Waals surface area contributed by atoms with E-state index in [0.717, 1.165) is 48.3 Å². The number of anilines is 2. The summed E-state index contributed by atoms with van der Waals surface area (Å²) in [6, 6.07) is 12.0. The van der Waals surface area contributed by atoms with Crippen molar-refractivity contribution >= 4 is 41.0 Å². The van der Waals surface area contributed by atoms with Crippen LogP contribution in [0.5, 0.6) is 0 Å². The van der Waals surface area contributed by atoms with E-state index in [-0.39, 0.29) is 24.4 Å². The number of nitrogens with two attached hydrogens (primary N) is 1. The molecule has 0 aromatic heterocycles. The standard InChI is InChI=1S/C35H47ClN6O4/c1-2-25-20-24(21-29(36)32(25)37)22-31(33(43)40-16-10-27(11-17-40)39-14-6-3-7-15-39)46-35(45)41-18-12-28(13-19-41)42-23-26-8-4-5-9-30(26)38-34(42)44/h4-5,8-9,20-21,27-28,31H,2-3,6-7,10-19,22-23,37H2,1H3,(H,38,44)/t31-/m1/s1. The Balaban J connectivity index is 1.10. The van der Waals surface area contributed by atoms with Crippen LogP contribution in [0.25, 0.3) is 0 Å². The molecular formula is C35H47ClN6O4. The highest BCUT2D eigenvalue weighted by atomic mass is 35.5. The van der Waals surface area contributed by atoms with Crippen LogP contribution in [0.3, 0.4) is 0 Å². The number of benzene rings is 2. The van der Waals surface area contributed by atoms with Crippen LogP contribution in [-0.2, 0) is 28.9 Å². The number of fused-ring (bicyclic) bond motifs is 1. The lowest BCUT2D eigenvalue weighted by molar-refractivity contribution is -0.142. The third-order valence-electron chi connectivity index (χ3n) is 10.3. The van der Waals surface area contributed by atoms with Crippen molar-refractivity contribution in [1.29, 1.82) is 0 Å². The van der Waals surface area contributed by atoms with Crippen LogP contribution >= 0.6 is 11.6 Å². The maximum Gasteiger partial charge on any atom is 0.410 e. The van der Waals surface area contributed by atoms with Gasteiger partial charge in [0.15, 0.2) is 6.10 Å². The number of hydrogen-bond donors (Lipinski definition) is 2. The number of likely N-dealkylation sites (tertiary alicyclic amines) is 3. The van der Waals surface area contributed by atoms with Gasteiger partial charge in [0.1, 0.15) is 0 Å². The van der Waals surface area contributed by atoms with Gasteiger partial charge in [0.2, 0.25) is 0 Å². The highest BCUT2D eigenvalue weighted by molar-refractivity contribution is 6.33. The Bertz CT molecular complexity index is 1420. The molecule has 0 aliphatic carbocycles. The molecule has 10 nitrogen and oxygen atoms in total. The maximum atomic E-state index is 14.0. The number of piperidine rings is 3. The third-order valence-corrected chi connectivity index (χ3v) is 10.6. The van der Waals surface area contributed by atoms with Crippen LogP contribution in [0, 0.1) is 0 Å². The van der Waals surface area contributed by atoms with Gasteiger partial charge >= 0.3 is 12.1 Å². The summed E-state index contributed by atoms with van der Waals surface area (Å²) in [7, 11) is 0. The summed E-state index contributed by atoms with van der Waals surface area (Å²) in [6.07, 6.45) is 6.41. The number of nitrogens with one attached hydrogen (secondary N) is 1. The summed E-state index contributed by atoms with van der Waals surface area (Å²) in [5, 5.41) is 3.44. The molecule has 3 fully saturated rings. The molecule has 248 valence electrons. The molecule has 3 N–H and O–H groups in total. The van der Waals surface area contributed by atoms with Gasteiger partial charge in [-0.2, -0.15) is 0 Å². The number of carbonyl (C=O) groups is 3. The number of rotatable bonds is 7. The number of para-hydroxylation sites is 1. The minimum Gasteiger partial charge on any atom is -0.436 e. The third kappa shape index (κ3) is 7.23. The second-order valence-corrected chi connectivity index (χ2v) is 13.6. The largest absolute Gasteiger partial charge is 0.436 e. The van der Waals surface area contributed by atoms with Gasteiger partial charge in [-0.05, 0) is 86.9 Å². The van der Waals surface area contributed by atoms with Crippen molar-refractivity contribution < 1.29 is 19.1 Å². The molecule has 4 heterocycles. The number of carbonyl (C=O) groups excluding carboxylic acids is 3. The van der Waals surface area contributed by atoms with Crippen LogP contribution in [0.2, 0.25) is 5.02 Å². The fourth-order valence-electron chi connectivity index (χ4n) is 7.55. The summed E-state index contributed by atoms with van der Waals surface area (Å²) in [5.74, 6) is -0.157. The maximum absolute atomic E-state index is 14.0. The summed E-state index contributed by atoms with van der Waals surface area (Å²) >= 11 is 6.47. The van der Waals surface area contributed by atoms with E-state index in [9.17, 15) is 14.4 Å². The van der Waals surface area contributed by atoms with Crippen molar-refractivity contribution in [3.8, 4) is 0 Å². The molecule has 4 aliphatic rings. The number of nitrogens with zero attached hydrogens (tertiary/aromatic N) is 4. The van der Waals surface area contributed by atoms with Gasteiger partial charge in [-0.15, -0.1) is 0 Å². The molecule has 0 spiro atoms. The minimum atomic E-state index is -0.967. The lowest BCUT2D eigenvalue weighted by Gasteiger charge is -2.41. The number of halogens is 1. The highest BCUT2D eigenvalue weighted by Crippen LogP contribution is 2.30. The number of hydrogen-bond acceptors (Lipinski definition) is 6. The second kappa shape index (κ2) is 14.5. The van der Waals surface area contributed by atoms with Crippen molar-refractivity contribution in [3.63, 3.8) is 0 Å². The van der Waals surface area contributed by atoms with E-state index in [1.54, 1.807) is 11.0 Å². The van der Waals surface area contributed by atoms with Crippen LogP contribution in [0.4, 0.5) is 21.0 Å². The molecule has 0 radical (unpaired) electrons. The second-order valence-electron chi connectivity index (χ2n) is 13.2. The lowest BCUT2D eigenvalue weighted by Crippen LogP contribution is -2.53. The Hall–Kier alpha value is -3.50. The van der Waals surface area contributed by atoms with Crippen molar-refractivity contribution in [3.05, 3.63) is 58.1 Å². The lowest BCUT2D eigenvalue weighted by atomic mass is 9.98. The summed E-state index contributed by atoms with van der Waals surface area (Å²) in [4.78, 5) is 48.5. The smallest absolute Gasteiger partial charge is 0.410 e. The van der Waals surface area contributed by atoms with E-state index in [4.69, 9.17) is 22.1 Å². The van der Waals surface area contributed by atoms with E-state index in [1.165, 1.54) is 19.3 Å². The van der Waals surface area contributed by atoms with Gasteiger partial charge in [0.25, 0.3) is 5.91 Å². The Morgan fingerprint density at radius 2 is 1.63 bits per heavy atom. The van der Waals surface area contributed by atoms with Gasteiger partial charge in [0.05, 0.1) is 10.7 Å². The van der Waals surface area contributed by atoms with Gasteiger partial charge in [-0.25, -0.2) is 9.59 Å². The monoisotopic (exact) mass is 650 g/mol. The Labute approximate surface area is 277 Å². The van der Waals surface area contributed by atoms with Gasteiger partial charge in [-0.1, -0.05) is 49.2 Å². The van der Waals surface area contributed by atoms with E-state index < -0.39 is 12.2 Å². The molecule has 0 unspecified atom stereocenters. The zero-order valence-corrected chi connectivity index (χ0v) is 27.6. The number of urea groups is 1. The molecule has 0 saturated carbocycles. The Morgan fingerprint density at radius 1 is 0.957 bits per heavy atom. The van der Waals surface area contributed by atoms with Gasteiger partial charge in [-0.3, -0.25) is 4.79 Å². The van der Waals surface area contributed by atoms with Crippen molar-refractivity contribution in [2.24, 2.45) is 0 Å². The van der Waals surface area contributed by atoms with Gasteiger partial charge < -0.3 is 35.4 Å². The predicted molar refractivity (Wildman–Crippen MR) is 180 cm³/mol. The van der Waals surface area contributed by atoms with Crippen LogP contribution in [-0.4, -0.2) is 95.1 Å². The Kier molecular flexibility index (Phi) is 10.2. The molecule has 2 aromatic carbocycles. The number of amides is 4. The fraction of sp³-hybridized carbons (Fsp3) is 0.571. The normalized spacial score (nSPS) is 20.7. The Morgan fingerprint density at radius 3 is 2.35 bits per heavy atom. The number of ether oxygens (including phenoxy) is 1. The molecule has 46 heavy (non-hydrogen) atoms. The molecule has 4 amide bonds. The number of aryl methyl sites for hydroxylation is 1. The van der Waals surface area contributed by atoms with Gasteiger partial charge in [0, 0.05) is 56.9 Å². The first-order valence-corrected chi connectivity index (χ1v) is 17.4. The molecule has 6 rings (SSSR count).